The summed E-state index contributed by atoms with van der Waals surface area (Å²) in [5, 5.41) is 3.27. The number of aromatic nitrogens is 1. The zero-order chi connectivity index (χ0) is 24.8. The van der Waals surface area contributed by atoms with Gasteiger partial charge in [0.2, 0.25) is 6.41 Å². The molecule has 34 heavy (non-hydrogen) atoms. The van der Waals surface area contributed by atoms with Crippen molar-refractivity contribution in [3.63, 3.8) is 0 Å². The van der Waals surface area contributed by atoms with E-state index >= 15 is 0 Å². The van der Waals surface area contributed by atoms with E-state index in [-0.39, 0.29) is 0 Å². The largest absolute Gasteiger partial charge is 0.374 e. The van der Waals surface area contributed by atoms with Crippen LogP contribution in [0.3, 0.4) is 0 Å². The van der Waals surface area contributed by atoms with Crippen molar-refractivity contribution in [1.29, 1.82) is 0 Å². The lowest BCUT2D eigenvalue weighted by Crippen LogP contribution is -2.34. The number of nitrogens with zero attached hydrogens (tertiary/aromatic N) is 4. The Balaban J connectivity index is 2.69. The Labute approximate surface area is 203 Å². The number of nitrogens with one attached hydrogen (secondary N) is 1. The van der Waals surface area contributed by atoms with Crippen molar-refractivity contribution in [2.45, 2.75) is 33.6 Å². The summed E-state index contributed by atoms with van der Waals surface area (Å²) in [5.41, 5.74) is 4.67. The van der Waals surface area contributed by atoms with Gasteiger partial charge in [-0.15, -0.1) is 0 Å². The second-order valence-electron chi connectivity index (χ2n) is 7.51. The Bertz CT molecular complexity index is 1050. The fraction of sp³-hybridized carbons (Fsp3) is 0.250. The first kappa shape index (κ1) is 26.3. The standard InChI is InChI=1S/C28H35N5O/c1-6-12-23-15-9-10-17-27(23)33(22-34)28(30-5)24(13-7-2)21-32(25(14-8-3)19-29-4)26-16-11-18-31-20-26/h7-11,13-20,22,30H,4,6,12,21H2,1-3,5H3/b13-7-,14-8-,25-19+,28-24-. The highest BCUT2D eigenvalue weighted by Crippen LogP contribution is 2.27. The molecule has 2 aromatic rings. The quantitative estimate of drug-likeness (QED) is 0.241. The number of benzene rings is 1. The van der Waals surface area contributed by atoms with Crippen molar-refractivity contribution in [2.75, 3.05) is 23.4 Å². The number of rotatable bonds is 13. The molecule has 0 spiro atoms. The number of carbonyl (C=O) groups excluding carboxylic acids is 1. The minimum Gasteiger partial charge on any atom is -0.374 e. The highest BCUT2D eigenvalue weighted by molar-refractivity contribution is 5.82. The summed E-state index contributed by atoms with van der Waals surface area (Å²) in [6, 6.07) is 11.9. The molecule has 6 nitrogen and oxygen atoms in total. The van der Waals surface area contributed by atoms with Gasteiger partial charge in [0.1, 0.15) is 5.82 Å². The Morgan fingerprint density at radius 1 is 1.15 bits per heavy atom. The molecule has 0 unspecified atom stereocenters. The third-order valence-corrected chi connectivity index (χ3v) is 5.18. The lowest BCUT2D eigenvalue weighted by atomic mass is 10.1. The predicted molar refractivity (Wildman–Crippen MR) is 144 cm³/mol. The van der Waals surface area contributed by atoms with Gasteiger partial charge in [-0.2, -0.15) is 0 Å². The average molecular weight is 458 g/mol. The Kier molecular flexibility index (Phi) is 11.0. The van der Waals surface area contributed by atoms with Crippen LogP contribution in [0, 0.1) is 0 Å². The highest BCUT2D eigenvalue weighted by atomic mass is 16.1. The molecule has 1 N–H and O–H groups in total. The monoisotopic (exact) mass is 457 g/mol. The second kappa shape index (κ2) is 14.3. The number of aryl methyl sites for hydroxylation is 1. The summed E-state index contributed by atoms with van der Waals surface area (Å²) in [6.07, 6.45) is 15.9. The normalized spacial score (nSPS) is 12.5. The molecule has 0 fully saturated rings. The first-order chi connectivity index (χ1) is 16.6. The van der Waals surface area contributed by atoms with Crippen LogP contribution in [-0.2, 0) is 11.2 Å². The van der Waals surface area contributed by atoms with Crippen LogP contribution >= 0.6 is 0 Å². The zero-order valence-corrected chi connectivity index (χ0v) is 20.6. The lowest BCUT2D eigenvalue weighted by Gasteiger charge is -2.30. The molecule has 0 radical (unpaired) electrons. The molecule has 1 heterocycles. The van der Waals surface area contributed by atoms with Crippen LogP contribution in [0.5, 0.6) is 0 Å². The summed E-state index contributed by atoms with van der Waals surface area (Å²) >= 11 is 0. The summed E-state index contributed by atoms with van der Waals surface area (Å²) < 4.78 is 0. The predicted octanol–water partition coefficient (Wildman–Crippen LogP) is 5.63. The van der Waals surface area contributed by atoms with E-state index in [9.17, 15) is 4.79 Å². The van der Waals surface area contributed by atoms with Gasteiger partial charge in [0.15, 0.2) is 0 Å². The van der Waals surface area contributed by atoms with E-state index < -0.39 is 0 Å². The molecule has 1 aromatic carbocycles. The van der Waals surface area contributed by atoms with E-state index in [4.69, 9.17) is 0 Å². The summed E-state index contributed by atoms with van der Waals surface area (Å²) in [5.74, 6) is 0.705. The fourth-order valence-electron chi connectivity index (χ4n) is 3.78. The topological polar surface area (TPSA) is 60.8 Å². The summed E-state index contributed by atoms with van der Waals surface area (Å²) in [7, 11) is 1.83. The molecular weight excluding hydrogens is 422 g/mol. The molecule has 0 saturated heterocycles. The molecule has 2 rings (SSSR count). The van der Waals surface area contributed by atoms with E-state index in [1.165, 1.54) is 0 Å². The maximum absolute atomic E-state index is 12.4. The molecule has 0 aliphatic heterocycles. The van der Waals surface area contributed by atoms with Crippen LogP contribution < -0.4 is 15.1 Å². The van der Waals surface area contributed by atoms with Crippen LogP contribution in [0.1, 0.15) is 32.8 Å². The molecular formula is C28H35N5O. The van der Waals surface area contributed by atoms with E-state index in [2.05, 4.69) is 39.9 Å². The van der Waals surface area contributed by atoms with Crippen molar-refractivity contribution < 1.29 is 4.79 Å². The summed E-state index contributed by atoms with van der Waals surface area (Å²) in [4.78, 5) is 24.5. The van der Waals surface area contributed by atoms with E-state index in [0.717, 1.165) is 47.5 Å². The van der Waals surface area contributed by atoms with E-state index in [0.29, 0.717) is 12.4 Å². The van der Waals surface area contributed by atoms with Gasteiger partial charge in [-0.1, -0.05) is 49.8 Å². The first-order valence-electron chi connectivity index (χ1n) is 11.5. The number of amides is 1. The van der Waals surface area contributed by atoms with Gasteiger partial charge in [0.25, 0.3) is 0 Å². The smallest absolute Gasteiger partial charge is 0.219 e. The Morgan fingerprint density at radius 3 is 2.50 bits per heavy atom. The third-order valence-electron chi connectivity index (χ3n) is 5.18. The van der Waals surface area contributed by atoms with Gasteiger partial charge in [0.05, 0.1) is 29.8 Å². The molecule has 0 saturated carbocycles. The Hall–Kier alpha value is -3.93. The van der Waals surface area contributed by atoms with E-state index in [1.807, 2.05) is 75.5 Å². The maximum Gasteiger partial charge on any atom is 0.219 e. The van der Waals surface area contributed by atoms with Crippen molar-refractivity contribution in [3.05, 3.63) is 102 Å². The number of carbonyl (C=O) groups is 1. The second-order valence-corrected chi connectivity index (χ2v) is 7.51. The maximum atomic E-state index is 12.4. The minimum atomic E-state index is 0.470. The van der Waals surface area contributed by atoms with Crippen molar-refractivity contribution >= 4 is 24.5 Å². The zero-order valence-electron chi connectivity index (χ0n) is 20.6. The van der Waals surface area contributed by atoms with Crippen LogP contribution in [0.25, 0.3) is 0 Å². The fourth-order valence-corrected chi connectivity index (χ4v) is 3.78. The molecule has 1 amide bonds. The lowest BCUT2D eigenvalue weighted by molar-refractivity contribution is -0.107. The van der Waals surface area contributed by atoms with Gasteiger partial charge in [0, 0.05) is 25.0 Å². The summed E-state index contributed by atoms with van der Waals surface area (Å²) in [6.45, 7) is 10.2. The number of hydrogen-bond acceptors (Lipinski definition) is 5. The molecule has 6 heteroatoms. The van der Waals surface area contributed by atoms with Crippen LogP contribution in [0.15, 0.2) is 101 Å². The molecule has 178 valence electrons. The highest BCUT2D eigenvalue weighted by Gasteiger charge is 2.20. The minimum absolute atomic E-state index is 0.470. The number of pyridine rings is 1. The number of hydrogen-bond donors (Lipinski definition) is 1. The van der Waals surface area contributed by atoms with Gasteiger partial charge >= 0.3 is 0 Å². The number of anilines is 2. The van der Waals surface area contributed by atoms with Crippen molar-refractivity contribution in [3.8, 4) is 0 Å². The molecule has 0 bridgehead atoms. The number of aliphatic imine (C=N–C) groups is 1. The molecule has 0 atom stereocenters. The van der Waals surface area contributed by atoms with E-state index in [1.54, 1.807) is 23.5 Å². The van der Waals surface area contributed by atoms with Gasteiger partial charge in [-0.3, -0.25) is 19.7 Å². The van der Waals surface area contributed by atoms with Gasteiger partial charge < -0.3 is 10.2 Å². The van der Waals surface area contributed by atoms with Crippen molar-refractivity contribution in [2.24, 2.45) is 4.99 Å². The molecule has 0 aliphatic carbocycles. The molecule has 0 aliphatic rings. The van der Waals surface area contributed by atoms with Crippen LogP contribution in [0.4, 0.5) is 11.4 Å². The van der Waals surface area contributed by atoms with Crippen molar-refractivity contribution in [1.82, 2.24) is 10.3 Å². The number of allylic oxidation sites excluding steroid dienone is 3. The molecule has 1 aromatic heterocycles. The first-order valence-corrected chi connectivity index (χ1v) is 11.5. The van der Waals surface area contributed by atoms with Gasteiger partial charge in [-0.25, -0.2) is 0 Å². The SMILES string of the molecule is C=N/C=C(\C=C/C)N(CC(/C=C\C)=C(/NC)N(C=O)c1ccccc1CCC)c1cccnc1. The number of para-hydroxylation sites is 1. The van der Waals surface area contributed by atoms with Crippen LogP contribution in [0.2, 0.25) is 0 Å². The third kappa shape index (κ3) is 6.78. The average Bonchev–Trinajstić information content (AvgIpc) is 2.86. The Morgan fingerprint density at radius 2 is 1.91 bits per heavy atom. The van der Waals surface area contributed by atoms with Crippen LogP contribution in [-0.4, -0.2) is 31.7 Å². The van der Waals surface area contributed by atoms with Gasteiger partial charge in [-0.05, 0) is 56.8 Å².